The third-order valence-electron chi connectivity index (χ3n) is 7.09. The average Bonchev–Trinajstić information content (AvgIpc) is 3.23. The summed E-state index contributed by atoms with van der Waals surface area (Å²) in [4.78, 5) is 12.3. The lowest BCUT2D eigenvalue weighted by molar-refractivity contribution is -0.384. The number of rotatable bonds is 6. The quantitative estimate of drug-likeness (QED) is 0.341. The average molecular weight is 544 g/mol. The minimum atomic E-state index is -4.81. The van der Waals surface area contributed by atoms with Crippen molar-refractivity contribution in [3.8, 4) is 29.3 Å². The maximum atomic E-state index is 13.6. The second kappa shape index (κ2) is 8.89. The number of nitro benzene ring substituents is 1. The summed E-state index contributed by atoms with van der Waals surface area (Å²) in [5, 5.41) is 42.3. The largest absolute Gasteiger partial charge is 0.494 e. The number of nitriles is 1. The lowest BCUT2D eigenvalue weighted by Gasteiger charge is -2.43. The summed E-state index contributed by atoms with van der Waals surface area (Å²) in [5.41, 5.74) is -3.59. The van der Waals surface area contributed by atoms with Crippen molar-refractivity contribution in [2.24, 2.45) is 0 Å². The Morgan fingerprint density at radius 2 is 1.69 bits per heavy atom. The first-order chi connectivity index (χ1) is 18.3. The lowest BCUT2D eigenvalue weighted by Crippen LogP contribution is -2.52. The zero-order valence-corrected chi connectivity index (χ0v) is 20.8. The van der Waals surface area contributed by atoms with E-state index in [1.807, 2.05) is 4.90 Å². The predicted octanol–water partition coefficient (Wildman–Crippen LogP) is 4.54. The van der Waals surface area contributed by atoms with Crippen molar-refractivity contribution in [2.75, 3.05) is 26.2 Å². The fourth-order valence-electron chi connectivity index (χ4n) is 5.64. The predicted molar refractivity (Wildman–Crippen MR) is 130 cm³/mol. The Balaban J connectivity index is 1.41. The Kier molecular flexibility index (Phi) is 6.00. The number of nitrogens with zero attached hydrogens (tertiary/aromatic N) is 4. The fourth-order valence-corrected chi connectivity index (χ4v) is 5.64. The first-order valence-electron chi connectivity index (χ1n) is 11.9. The van der Waals surface area contributed by atoms with E-state index in [2.05, 4.69) is 0 Å². The van der Waals surface area contributed by atoms with Crippen LogP contribution in [0.5, 0.6) is 17.5 Å². The highest BCUT2D eigenvalue weighted by Crippen LogP contribution is 2.59. The standard InChI is InChI=1S/C26H23F3N4O6/c1-24-13-31(9-10-38-18-7-5-16(6-8-18)33(36)37)14-25(2,39-24)21-20(24)22(34)32(23(21)35)17-4-3-15(12-30)19(11-17)26(27,28)29/h3-8,11,34-35H,9-10,13-14H2,1-2H3/t24-,25+. The zero-order valence-electron chi connectivity index (χ0n) is 20.8. The van der Waals surface area contributed by atoms with Gasteiger partial charge in [0.25, 0.3) is 5.69 Å². The maximum Gasteiger partial charge on any atom is 0.417 e. The number of aromatic hydroxyl groups is 2. The van der Waals surface area contributed by atoms with Gasteiger partial charge in [-0.25, -0.2) is 0 Å². The molecular weight excluding hydrogens is 521 g/mol. The van der Waals surface area contributed by atoms with E-state index in [4.69, 9.17) is 14.7 Å². The molecule has 2 aliphatic heterocycles. The van der Waals surface area contributed by atoms with Gasteiger partial charge in [0.1, 0.15) is 23.6 Å². The Bertz CT molecular complexity index is 1470. The van der Waals surface area contributed by atoms with E-state index in [1.54, 1.807) is 13.8 Å². The van der Waals surface area contributed by atoms with E-state index >= 15 is 0 Å². The molecule has 3 aromatic rings. The number of ether oxygens (including phenoxy) is 2. The van der Waals surface area contributed by atoms with Crippen LogP contribution in [0.2, 0.25) is 0 Å². The molecule has 204 valence electrons. The molecule has 10 nitrogen and oxygen atoms in total. The molecular formula is C26H23F3N4O6. The number of halogens is 3. The van der Waals surface area contributed by atoms with Crippen molar-refractivity contribution in [3.05, 3.63) is 74.8 Å². The SMILES string of the molecule is C[C@]12CN(CCOc3ccc([N+](=O)[O-])cc3)C[C@](C)(O1)c1c2c(O)n(-c2ccc(C#N)c(C(F)(F)F)c2)c1O. The number of alkyl halides is 3. The van der Waals surface area contributed by atoms with Gasteiger partial charge in [-0.15, -0.1) is 0 Å². The van der Waals surface area contributed by atoms with E-state index in [1.165, 1.54) is 36.4 Å². The number of fused-ring (bicyclic) bond motifs is 5. The normalized spacial score (nSPS) is 22.4. The molecule has 0 radical (unpaired) electrons. The van der Waals surface area contributed by atoms with Gasteiger partial charge in [-0.1, -0.05) is 0 Å². The van der Waals surface area contributed by atoms with Crippen LogP contribution in [0.4, 0.5) is 18.9 Å². The van der Waals surface area contributed by atoms with Crippen molar-refractivity contribution >= 4 is 5.69 Å². The van der Waals surface area contributed by atoms with Crippen LogP contribution in [0.3, 0.4) is 0 Å². The van der Waals surface area contributed by atoms with Crippen LogP contribution in [-0.4, -0.2) is 50.8 Å². The minimum Gasteiger partial charge on any atom is -0.494 e. The molecule has 1 fully saturated rings. The summed E-state index contributed by atoms with van der Waals surface area (Å²) < 4.78 is 53.6. The van der Waals surface area contributed by atoms with Crippen molar-refractivity contribution in [3.63, 3.8) is 0 Å². The van der Waals surface area contributed by atoms with E-state index in [9.17, 15) is 33.5 Å². The second-order valence-corrected chi connectivity index (χ2v) is 9.95. The summed E-state index contributed by atoms with van der Waals surface area (Å²) in [7, 11) is 0. The van der Waals surface area contributed by atoms with E-state index in [0.29, 0.717) is 12.3 Å². The highest BCUT2D eigenvalue weighted by molar-refractivity contribution is 5.61. The summed E-state index contributed by atoms with van der Waals surface area (Å²) in [6.07, 6.45) is -4.81. The molecule has 0 spiro atoms. The van der Waals surface area contributed by atoms with Crippen LogP contribution in [-0.2, 0) is 22.1 Å². The minimum absolute atomic E-state index is 0.0506. The number of nitro groups is 1. The number of non-ortho nitro benzene ring substituents is 1. The molecule has 3 heterocycles. The molecule has 5 rings (SSSR count). The van der Waals surface area contributed by atoms with Gasteiger partial charge in [0, 0.05) is 31.8 Å². The summed E-state index contributed by atoms with van der Waals surface area (Å²) in [6, 6.07) is 10.1. The number of benzene rings is 2. The second-order valence-electron chi connectivity index (χ2n) is 9.95. The van der Waals surface area contributed by atoms with Gasteiger partial charge in [0.2, 0.25) is 11.8 Å². The molecule has 0 amide bonds. The summed E-state index contributed by atoms with van der Waals surface area (Å²) in [6.45, 7) is 4.71. The fraction of sp³-hybridized carbons (Fsp3) is 0.346. The number of hydrogen-bond acceptors (Lipinski definition) is 8. The van der Waals surface area contributed by atoms with Crippen molar-refractivity contribution in [1.29, 1.82) is 5.26 Å². The molecule has 0 aliphatic carbocycles. The molecule has 2 aliphatic rings. The maximum absolute atomic E-state index is 13.6. The monoisotopic (exact) mass is 544 g/mol. The van der Waals surface area contributed by atoms with Gasteiger partial charge in [-0.2, -0.15) is 18.4 Å². The van der Waals surface area contributed by atoms with Crippen LogP contribution in [0.15, 0.2) is 42.5 Å². The van der Waals surface area contributed by atoms with Crippen LogP contribution in [0.1, 0.15) is 36.1 Å². The van der Waals surface area contributed by atoms with Gasteiger partial charge >= 0.3 is 6.18 Å². The summed E-state index contributed by atoms with van der Waals surface area (Å²) >= 11 is 0. The van der Waals surface area contributed by atoms with Crippen molar-refractivity contribution in [1.82, 2.24) is 9.47 Å². The molecule has 2 N–H and O–H groups in total. The Morgan fingerprint density at radius 3 is 2.21 bits per heavy atom. The van der Waals surface area contributed by atoms with Gasteiger partial charge in [-0.3, -0.25) is 19.6 Å². The Hall–Kier alpha value is -4.28. The topological polar surface area (TPSA) is 134 Å². The Morgan fingerprint density at radius 1 is 1.10 bits per heavy atom. The molecule has 39 heavy (non-hydrogen) atoms. The molecule has 2 aromatic carbocycles. The highest BCUT2D eigenvalue weighted by Gasteiger charge is 2.58. The molecule has 0 saturated carbocycles. The van der Waals surface area contributed by atoms with Crippen LogP contribution in [0, 0.1) is 21.4 Å². The van der Waals surface area contributed by atoms with Crippen molar-refractivity contribution < 1.29 is 37.8 Å². The van der Waals surface area contributed by atoms with Gasteiger partial charge in [-0.05, 0) is 44.2 Å². The number of aromatic nitrogens is 1. The molecule has 13 heteroatoms. The first kappa shape index (κ1) is 26.3. The molecule has 0 unspecified atom stereocenters. The van der Waals surface area contributed by atoms with Crippen molar-refractivity contribution in [2.45, 2.75) is 31.2 Å². The van der Waals surface area contributed by atoms with Gasteiger partial charge in [0.05, 0.1) is 38.9 Å². The van der Waals surface area contributed by atoms with E-state index in [-0.39, 0.29) is 42.2 Å². The zero-order chi connectivity index (χ0) is 28.3. The van der Waals surface area contributed by atoms with Crippen LogP contribution < -0.4 is 4.74 Å². The molecule has 2 atom stereocenters. The molecule has 1 saturated heterocycles. The van der Waals surface area contributed by atoms with Gasteiger partial charge < -0.3 is 19.7 Å². The third-order valence-corrected chi connectivity index (χ3v) is 7.09. The van der Waals surface area contributed by atoms with E-state index < -0.39 is 45.2 Å². The summed E-state index contributed by atoms with van der Waals surface area (Å²) in [5.74, 6) is -0.436. The molecule has 2 bridgehead atoms. The first-order valence-corrected chi connectivity index (χ1v) is 11.9. The molecule has 1 aromatic heterocycles. The number of morpholine rings is 1. The number of hydrogen-bond donors (Lipinski definition) is 2. The van der Waals surface area contributed by atoms with E-state index in [0.717, 1.165) is 16.7 Å². The lowest BCUT2D eigenvalue weighted by atomic mass is 9.94. The van der Waals surface area contributed by atoms with Gasteiger partial charge in [0.15, 0.2) is 0 Å². The Labute approximate surface area is 220 Å². The third kappa shape index (κ3) is 4.31. The highest BCUT2D eigenvalue weighted by atomic mass is 19.4. The van der Waals surface area contributed by atoms with Crippen LogP contribution in [0.25, 0.3) is 5.69 Å². The van der Waals surface area contributed by atoms with Crippen LogP contribution >= 0.6 is 0 Å². The smallest absolute Gasteiger partial charge is 0.417 e.